The second-order valence-electron chi connectivity index (χ2n) is 3.01. The second kappa shape index (κ2) is 4.55. The lowest BCUT2D eigenvalue weighted by Gasteiger charge is -2.15. The maximum atomic E-state index is 9.68. The van der Waals surface area contributed by atoms with E-state index in [1.807, 2.05) is 18.2 Å². The van der Waals surface area contributed by atoms with E-state index in [0.29, 0.717) is 0 Å². The average molecular weight is 309 g/mol. The monoisotopic (exact) mass is 307 g/mol. The molecule has 0 radical (unpaired) electrons. The first-order valence-electron chi connectivity index (χ1n) is 3.90. The highest BCUT2D eigenvalue weighted by molar-refractivity contribution is 9.11. The van der Waals surface area contributed by atoms with Crippen LogP contribution in [0.4, 0.5) is 0 Å². The molecular weight excluding hydrogens is 298 g/mol. The summed E-state index contributed by atoms with van der Waals surface area (Å²) >= 11 is 6.70. The molecule has 0 bridgehead atoms. The first-order chi connectivity index (χ1) is 6.00. The minimum atomic E-state index is -0.617. The van der Waals surface area contributed by atoms with Crippen LogP contribution in [0.15, 0.2) is 27.1 Å². The van der Waals surface area contributed by atoms with Gasteiger partial charge in [0.2, 0.25) is 0 Å². The SMILES string of the molecule is C[C@H](N)[C@H](O)c1cc(Br)cc(Br)c1. The van der Waals surface area contributed by atoms with Crippen molar-refractivity contribution in [2.24, 2.45) is 5.73 Å². The Balaban J connectivity index is 3.01. The van der Waals surface area contributed by atoms with E-state index in [2.05, 4.69) is 31.9 Å². The van der Waals surface area contributed by atoms with Gasteiger partial charge in [0.25, 0.3) is 0 Å². The summed E-state index contributed by atoms with van der Waals surface area (Å²) in [5, 5.41) is 9.68. The van der Waals surface area contributed by atoms with E-state index in [1.54, 1.807) is 6.92 Å². The number of aliphatic hydroxyl groups is 1. The van der Waals surface area contributed by atoms with Crippen molar-refractivity contribution in [1.29, 1.82) is 0 Å². The number of benzene rings is 1. The van der Waals surface area contributed by atoms with E-state index in [0.717, 1.165) is 14.5 Å². The Kier molecular flexibility index (Phi) is 3.91. The molecule has 1 rings (SSSR count). The van der Waals surface area contributed by atoms with Crippen molar-refractivity contribution in [2.45, 2.75) is 19.1 Å². The lowest BCUT2D eigenvalue weighted by molar-refractivity contribution is 0.153. The van der Waals surface area contributed by atoms with Crippen molar-refractivity contribution >= 4 is 31.9 Å². The summed E-state index contributed by atoms with van der Waals surface area (Å²) in [6.45, 7) is 1.78. The molecular formula is C9H11Br2NO. The predicted molar refractivity (Wildman–Crippen MR) is 60.5 cm³/mol. The fraction of sp³-hybridized carbons (Fsp3) is 0.333. The van der Waals surface area contributed by atoms with Crippen LogP contribution in [-0.4, -0.2) is 11.1 Å². The van der Waals surface area contributed by atoms with Crippen LogP contribution in [0.25, 0.3) is 0 Å². The lowest BCUT2D eigenvalue weighted by Crippen LogP contribution is -2.24. The number of rotatable bonds is 2. The Morgan fingerprint density at radius 2 is 1.69 bits per heavy atom. The van der Waals surface area contributed by atoms with Crippen molar-refractivity contribution < 1.29 is 5.11 Å². The van der Waals surface area contributed by atoms with E-state index in [4.69, 9.17) is 5.73 Å². The minimum absolute atomic E-state index is 0.263. The molecule has 13 heavy (non-hydrogen) atoms. The molecule has 3 N–H and O–H groups in total. The third-order valence-electron chi connectivity index (χ3n) is 1.72. The molecule has 0 aliphatic carbocycles. The zero-order valence-corrected chi connectivity index (χ0v) is 10.3. The zero-order valence-electron chi connectivity index (χ0n) is 7.17. The topological polar surface area (TPSA) is 46.2 Å². The molecule has 4 heteroatoms. The van der Waals surface area contributed by atoms with Crippen molar-refractivity contribution in [3.8, 4) is 0 Å². The van der Waals surface area contributed by atoms with E-state index in [-0.39, 0.29) is 6.04 Å². The van der Waals surface area contributed by atoms with Crippen LogP contribution in [0.3, 0.4) is 0 Å². The smallest absolute Gasteiger partial charge is 0.0938 e. The van der Waals surface area contributed by atoms with E-state index >= 15 is 0 Å². The summed E-state index contributed by atoms with van der Waals surface area (Å²) in [7, 11) is 0. The fourth-order valence-corrected chi connectivity index (χ4v) is 2.38. The Morgan fingerprint density at radius 1 is 1.23 bits per heavy atom. The van der Waals surface area contributed by atoms with Gasteiger partial charge in [-0.3, -0.25) is 0 Å². The molecule has 72 valence electrons. The molecule has 0 heterocycles. The summed E-state index contributed by atoms with van der Waals surface area (Å²) in [6, 6.07) is 5.37. The van der Waals surface area contributed by atoms with Gasteiger partial charge in [-0.05, 0) is 30.7 Å². The molecule has 0 saturated heterocycles. The number of nitrogens with two attached hydrogens (primary N) is 1. The summed E-state index contributed by atoms with van der Waals surface area (Å²) in [5.74, 6) is 0. The molecule has 2 nitrogen and oxygen atoms in total. The molecule has 0 amide bonds. The number of halogens is 2. The summed E-state index contributed by atoms with van der Waals surface area (Å²) in [4.78, 5) is 0. The van der Waals surface area contributed by atoms with Gasteiger partial charge in [0.1, 0.15) is 0 Å². The molecule has 1 aromatic carbocycles. The number of aliphatic hydroxyl groups excluding tert-OH is 1. The maximum Gasteiger partial charge on any atom is 0.0938 e. The first kappa shape index (κ1) is 11.2. The van der Waals surface area contributed by atoms with Crippen molar-refractivity contribution in [2.75, 3.05) is 0 Å². The standard InChI is InChI=1S/C9H11Br2NO/c1-5(12)9(13)6-2-7(10)4-8(11)3-6/h2-5,9,13H,12H2,1H3/t5-,9-/m0/s1. The molecule has 0 aliphatic heterocycles. The molecule has 0 fully saturated rings. The van der Waals surface area contributed by atoms with Crippen molar-refractivity contribution in [3.05, 3.63) is 32.7 Å². The quantitative estimate of drug-likeness (QED) is 0.882. The van der Waals surface area contributed by atoms with Gasteiger partial charge in [0.15, 0.2) is 0 Å². The minimum Gasteiger partial charge on any atom is -0.387 e. The highest BCUT2D eigenvalue weighted by atomic mass is 79.9. The van der Waals surface area contributed by atoms with E-state index in [1.165, 1.54) is 0 Å². The Labute approximate surface area is 94.4 Å². The van der Waals surface area contributed by atoms with Gasteiger partial charge in [-0.2, -0.15) is 0 Å². The fourth-order valence-electron chi connectivity index (χ4n) is 1.05. The normalized spacial score (nSPS) is 15.5. The van der Waals surface area contributed by atoms with Gasteiger partial charge >= 0.3 is 0 Å². The largest absolute Gasteiger partial charge is 0.387 e. The van der Waals surface area contributed by atoms with E-state index in [9.17, 15) is 5.11 Å². The van der Waals surface area contributed by atoms with Crippen molar-refractivity contribution in [1.82, 2.24) is 0 Å². The van der Waals surface area contributed by atoms with Crippen LogP contribution >= 0.6 is 31.9 Å². The summed E-state index contributed by atoms with van der Waals surface area (Å²) in [6.07, 6.45) is -0.617. The highest BCUT2D eigenvalue weighted by Gasteiger charge is 2.12. The van der Waals surface area contributed by atoms with Gasteiger partial charge in [-0.1, -0.05) is 31.9 Å². The Hall–Kier alpha value is 0.1000. The van der Waals surface area contributed by atoms with Gasteiger partial charge in [-0.15, -0.1) is 0 Å². The maximum absolute atomic E-state index is 9.68. The van der Waals surface area contributed by atoms with Gasteiger partial charge in [0, 0.05) is 15.0 Å². The van der Waals surface area contributed by atoms with Crippen LogP contribution in [0.5, 0.6) is 0 Å². The molecule has 0 spiro atoms. The number of hydrogen-bond acceptors (Lipinski definition) is 2. The second-order valence-corrected chi connectivity index (χ2v) is 4.84. The third kappa shape index (κ3) is 3.06. The van der Waals surface area contributed by atoms with Crippen LogP contribution in [0.2, 0.25) is 0 Å². The Morgan fingerprint density at radius 3 is 2.08 bits per heavy atom. The molecule has 0 aliphatic rings. The van der Waals surface area contributed by atoms with Crippen LogP contribution < -0.4 is 5.73 Å². The highest BCUT2D eigenvalue weighted by Crippen LogP contribution is 2.25. The van der Waals surface area contributed by atoms with Crippen LogP contribution in [0.1, 0.15) is 18.6 Å². The molecule has 1 aromatic rings. The van der Waals surface area contributed by atoms with Crippen LogP contribution in [0, 0.1) is 0 Å². The molecule has 0 unspecified atom stereocenters. The van der Waals surface area contributed by atoms with Gasteiger partial charge in [0.05, 0.1) is 6.10 Å². The lowest BCUT2D eigenvalue weighted by atomic mass is 10.0. The summed E-state index contributed by atoms with van der Waals surface area (Å²) in [5.41, 5.74) is 6.40. The Bertz CT molecular complexity index is 281. The van der Waals surface area contributed by atoms with E-state index < -0.39 is 6.10 Å². The first-order valence-corrected chi connectivity index (χ1v) is 5.49. The van der Waals surface area contributed by atoms with Crippen molar-refractivity contribution in [3.63, 3.8) is 0 Å². The average Bonchev–Trinajstić information content (AvgIpc) is 2.01. The number of hydrogen-bond donors (Lipinski definition) is 2. The molecule has 0 saturated carbocycles. The molecule has 0 aromatic heterocycles. The zero-order chi connectivity index (χ0) is 10.0. The van der Waals surface area contributed by atoms with Gasteiger partial charge < -0.3 is 10.8 Å². The summed E-state index contributed by atoms with van der Waals surface area (Å²) < 4.78 is 1.85. The third-order valence-corrected chi connectivity index (χ3v) is 2.64. The predicted octanol–water partition coefficient (Wildman–Crippen LogP) is 2.59. The molecule has 2 atom stereocenters. The van der Waals surface area contributed by atoms with Gasteiger partial charge in [-0.25, -0.2) is 0 Å². The van der Waals surface area contributed by atoms with Crippen LogP contribution in [-0.2, 0) is 0 Å².